The number of benzene rings is 2. The Labute approximate surface area is 118 Å². The Hall–Kier alpha value is -1.88. The molecule has 5 heteroatoms. The largest absolute Gasteiger partial charge is 0.398 e. The second kappa shape index (κ2) is 5.40. The second-order valence-corrected chi connectivity index (χ2v) is 5.01. The Balaban J connectivity index is 2.27. The van der Waals surface area contributed by atoms with Gasteiger partial charge in [0.15, 0.2) is 0 Å². The molecule has 0 saturated carbocycles. The summed E-state index contributed by atoms with van der Waals surface area (Å²) in [6.07, 6.45) is 0. The van der Waals surface area contributed by atoms with E-state index in [0.717, 1.165) is 10.0 Å². The summed E-state index contributed by atoms with van der Waals surface area (Å²) in [4.78, 5) is 12.0. The molecule has 0 heterocycles. The Kier molecular flexibility index (Phi) is 3.85. The third-order valence-corrected chi connectivity index (χ3v) is 3.35. The lowest BCUT2D eigenvalue weighted by molar-refractivity contribution is 0.102. The summed E-state index contributed by atoms with van der Waals surface area (Å²) in [5.74, 6) is -0.835. The SMILES string of the molecule is Cc1cc(Br)c(NC(=O)c2cccc(F)c2)cc1N. The van der Waals surface area contributed by atoms with Crippen LogP contribution >= 0.6 is 15.9 Å². The fraction of sp³-hybridized carbons (Fsp3) is 0.0714. The summed E-state index contributed by atoms with van der Waals surface area (Å²) in [5.41, 5.74) is 8.10. The quantitative estimate of drug-likeness (QED) is 0.828. The lowest BCUT2D eigenvalue weighted by Crippen LogP contribution is -2.12. The van der Waals surface area contributed by atoms with E-state index in [4.69, 9.17) is 5.73 Å². The van der Waals surface area contributed by atoms with Gasteiger partial charge in [0.25, 0.3) is 5.91 Å². The number of aryl methyl sites for hydroxylation is 1. The third-order valence-electron chi connectivity index (χ3n) is 2.69. The minimum Gasteiger partial charge on any atom is -0.398 e. The molecule has 1 amide bonds. The average Bonchev–Trinajstić information content (AvgIpc) is 2.36. The zero-order valence-corrected chi connectivity index (χ0v) is 11.8. The summed E-state index contributed by atoms with van der Waals surface area (Å²) in [6.45, 7) is 1.87. The van der Waals surface area contributed by atoms with Crippen molar-refractivity contribution in [3.05, 3.63) is 57.8 Å². The normalized spacial score (nSPS) is 10.3. The first kappa shape index (κ1) is 13.5. The molecule has 0 radical (unpaired) electrons. The average molecular weight is 323 g/mol. The van der Waals surface area contributed by atoms with Crippen LogP contribution in [-0.4, -0.2) is 5.91 Å². The van der Waals surface area contributed by atoms with Crippen molar-refractivity contribution < 1.29 is 9.18 Å². The number of hydrogen-bond acceptors (Lipinski definition) is 2. The lowest BCUT2D eigenvalue weighted by Gasteiger charge is -2.10. The summed E-state index contributed by atoms with van der Waals surface area (Å²) >= 11 is 3.35. The van der Waals surface area contributed by atoms with Gasteiger partial charge in [0, 0.05) is 15.7 Å². The number of nitrogens with two attached hydrogens (primary N) is 1. The number of carbonyl (C=O) groups excluding carboxylic acids is 1. The summed E-state index contributed by atoms with van der Waals surface area (Å²) in [5, 5.41) is 2.69. The van der Waals surface area contributed by atoms with Crippen molar-refractivity contribution in [1.82, 2.24) is 0 Å². The van der Waals surface area contributed by atoms with Crippen LogP contribution in [0.25, 0.3) is 0 Å². The van der Waals surface area contributed by atoms with Gasteiger partial charge in [0.05, 0.1) is 5.69 Å². The smallest absolute Gasteiger partial charge is 0.255 e. The van der Waals surface area contributed by atoms with Crippen LogP contribution in [0.1, 0.15) is 15.9 Å². The predicted octanol–water partition coefficient (Wildman–Crippen LogP) is 3.73. The van der Waals surface area contributed by atoms with Crippen LogP contribution in [0.15, 0.2) is 40.9 Å². The molecular formula is C14H12BrFN2O. The van der Waals surface area contributed by atoms with Gasteiger partial charge < -0.3 is 11.1 Å². The van der Waals surface area contributed by atoms with Gasteiger partial charge in [0.2, 0.25) is 0 Å². The molecule has 0 fully saturated rings. The summed E-state index contributed by atoms with van der Waals surface area (Å²) < 4.78 is 13.8. The van der Waals surface area contributed by atoms with Crippen molar-refractivity contribution in [2.45, 2.75) is 6.92 Å². The zero-order valence-electron chi connectivity index (χ0n) is 10.2. The van der Waals surface area contributed by atoms with Crippen molar-refractivity contribution in [2.24, 2.45) is 0 Å². The molecule has 0 aliphatic rings. The van der Waals surface area contributed by atoms with Crippen molar-refractivity contribution in [1.29, 1.82) is 0 Å². The lowest BCUT2D eigenvalue weighted by atomic mass is 10.1. The Morgan fingerprint density at radius 3 is 2.74 bits per heavy atom. The van der Waals surface area contributed by atoms with Gasteiger partial charge in [-0.05, 0) is 58.7 Å². The molecule has 0 aromatic heterocycles. The van der Waals surface area contributed by atoms with Crippen molar-refractivity contribution >= 4 is 33.2 Å². The molecule has 2 aromatic rings. The van der Waals surface area contributed by atoms with Crippen LogP contribution in [0.4, 0.5) is 15.8 Å². The summed E-state index contributed by atoms with van der Waals surface area (Å²) in [7, 11) is 0. The van der Waals surface area contributed by atoms with E-state index in [1.165, 1.54) is 18.2 Å². The molecule has 2 aromatic carbocycles. The maximum atomic E-state index is 13.1. The van der Waals surface area contributed by atoms with E-state index in [-0.39, 0.29) is 11.5 Å². The van der Waals surface area contributed by atoms with Gasteiger partial charge in [0.1, 0.15) is 5.82 Å². The molecule has 0 saturated heterocycles. The number of anilines is 2. The van der Waals surface area contributed by atoms with Gasteiger partial charge in [-0.15, -0.1) is 0 Å². The molecular weight excluding hydrogens is 311 g/mol. The highest BCUT2D eigenvalue weighted by Gasteiger charge is 2.10. The van der Waals surface area contributed by atoms with E-state index < -0.39 is 5.82 Å². The van der Waals surface area contributed by atoms with Crippen LogP contribution in [0, 0.1) is 12.7 Å². The molecule has 3 nitrogen and oxygen atoms in total. The number of nitrogens with one attached hydrogen (secondary N) is 1. The van der Waals surface area contributed by atoms with Gasteiger partial charge in [-0.25, -0.2) is 4.39 Å². The molecule has 0 atom stereocenters. The Morgan fingerprint density at radius 2 is 2.05 bits per heavy atom. The van der Waals surface area contributed by atoms with Gasteiger partial charge in [-0.1, -0.05) is 6.07 Å². The van der Waals surface area contributed by atoms with Crippen molar-refractivity contribution in [3.63, 3.8) is 0 Å². The van der Waals surface area contributed by atoms with Crippen LogP contribution in [-0.2, 0) is 0 Å². The first-order valence-electron chi connectivity index (χ1n) is 5.60. The van der Waals surface area contributed by atoms with Crippen molar-refractivity contribution in [3.8, 4) is 0 Å². The fourth-order valence-electron chi connectivity index (χ4n) is 1.61. The van der Waals surface area contributed by atoms with Crippen molar-refractivity contribution in [2.75, 3.05) is 11.1 Å². The van der Waals surface area contributed by atoms with Gasteiger partial charge in [-0.2, -0.15) is 0 Å². The van der Waals surface area contributed by atoms with Gasteiger partial charge in [-0.3, -0.25) is 4.79 Å². The number of rotatable bonds is 2. The number of nitrogen functional groups attached to an aromatic ring is 1. The monoisotopic (exact) mass is 322 g/mol. The van der Waals surface area contributed by atoms with Crippen LogP contribution < -0.4 is 11.1 Å². The highest BCUT2D eigenvalue weighted by Crippen LogP contribution is 2.28. The predicted molar refractivity (Wildman–Crippen MR) is 77.6 cm³/mol. The standard InChI is InChI=1S/C14H12BrFN2O/c1-8-5-11(15)13(7-12(8)17)18-14(19)9-3-2-4-10(16)6-9/h2-7H,17H2,1H3,(H,18,19). The van der Waals surface area contributed by atoms with Crippen LogP contribution in [0.3, 0.4) is 0 Å². The third kappa shape index (κ3) is 3.12. The topological polar surface area (TPSA) is 55.1 Å². The molecule has 0 bridgehead atoms. The number of amides is 1. The zero-order chi connectivity index (χ0) is 14.0. The van der Waals surface area contributed by atoms with Crippen LogP contribution in [0.5, 0.6) is 0 Å². The molecule has 0 aliphatic carbocycles. The van der Waals surface area contributed by atoms with Crippen LogP contribution in [0.2, 0.25) is 0 Å². The maximum Gasteiger partial charge on any atom is 0.255 e. The minimum atomic E-state index is -0.449. The second-order valence-electron chi connectivity index (χ2n) is 4.15. The molecule has 2 rings (SSSR count). The fourth-order valence-corrected chi connectivity index (χ4v) is 2.17. The Morgan fingerprint density at radius 1 is 1.32 bits per heavy atom. The highest BCUT2D eigenvalue weighted by molar-refractivity contribution is 9.10. The Bertz CT molecular complexity index is 643. The summed E-state index contributed by atoms with van der Waals surface area (Å²) in [6, 6.07) is 8.98. The maximum absolute atomic E-state index is 13.1. The first-order chi connectivity index (χ1) is 8.97. The highest BCUT2D eigenvalue weighted by atomic mass is 79.9. The van der Waals surface area contributed by atoms with Gasteiger partial charge >= 0.3 is 0 Å². The number of hydrogen-bond donors (Lipinski definition) is 2. The number of halogens is 2. The molecule has 0 spiro atoms. The van der Waals surface area contributed by atoms with E-state index in [0.29, 0.717) is 11.4 Å². The minimum absolute atomic E-state index is 0.256. The first-order valence-corrected chi connectivity index (χ1v) is 6.39. The van der Waals surface area contributed by atoms with E-state index >= 15 is 0 Å². The van der Waals surface area contributed by atoms with E-state index in [1.54, 1.807) is 12.1 Å². The van der Waals surface area contributed by atoms with E-state index in [2.05, 4.69) is 21.2 Å². The van der Waals surface area contributed by atoms with E-state index in [9.17, 15) is 9.18 Å². The molecule has 0 unspecified atom stereocenters. The molecule has 0 aliphatic heterocycles. The molecule has 98 valence electrons. The molecule has 19 heavy (non-hydrogen) atoms. The van der Waals surface area contributed by atoms with E-state index in [1.807, 2.05) is 13.0 Å². The number of carbonyl (C=O) groups is 1. The molecule has 3 N–H and O–H groups in total.